The number of carbonyl (C=O) groups is 2. The molecule has 4 nitrogen and oxygen atoms in total. The van der Waals surface area contributed by atoms with Gasteiger partial charge in [-0.3, -0.25) is 9.69 Å². The fraction of sp³-hybridized carbons (Fsp3) is 0.500. The van der Waals surface area contributed by atoms with Crippen molar-refractivity contribution in [1.82, 2.24) is 4.90 Å². The van der Waals surface area contributed by atoms with Crippen molar-refractivity contribution in [1.29, 1.82) is 0 Å². The number of rotatable bonds is 1. The Morgan fingerprint density at radius 2 is 2.38 bits per heavy atom. The number of fused-ring (bicyclic) bond motifs is 1. The molecular weight excluding hydrogens is 190 g/mol. The molecular formula is C8H9NO3S. The van der Waals surface area contributed by atoms with E-state index in [2.05, 4.69) is 0 Å². The van der Waals surface area contributed by atoms with E-state index in [9.17, 15) is 9.59 Å². The summed E-state index contributed by atoms with van der Waals surface area (Å²) in [6.07, 6.45) is 0.481. The number of aliphatic carboxylic acids is 1. The minimum atomic E-state index is -0.990. The van der Waals surface area contributed by atoms with Gasteiger partial charge >= 0.3 is 5.97 Å². The predicted molar refractivity (Wildman–Crippen MR) is 48.0 cm³/mol. The second kappa shape index (κ2) is 2.77. The molecule has 0 saturated carbocycles. The predicted octanol–water partition coefficient (Wildman–Crippen LogP) is 0.650. The van der Waals surface area contributed by atoms with Gasteiger partial charge in [0.25, 0.3) is 0 Å². The van der Waals surface area contributed by atoms with Gasteiger partial charge in [0.15, 0.2) is 0 Å². The number of amides is 1. The molecule has 5 heteroatoms. The number of carboxylic acids is 1. The highest BCUT2D eigenvalue weighted by atomic mass is 32.2. The second-order valence-corrected chi connectivity index (χ2v) is 4.33. The third-order valence-corrected chi connectivity index (χ3v) is 3.61. The standard InChI is InChI=1S/C8H9NO3S/c1-4-3-13-6-2-5(10)9(6)7(4)8(11)12/h6H,2-3H2,1H3,(H,11,12)/t6-/m0/s1. The van der Waals surface area contributed by atoms with Crippen LogP contribution in [0.5, 0.6) is 0 Å². The zero-order valence-corrected chi connectivity index (χ0v) is 7.93. The van der Waals surface area contributed by atoms with Crippen LogP contribution in [-0.2, 0) is 9.59 Å². The van der Waals surface area contributed by atoms with Crippen molar-refractivity contribution in [2.45, 2.75) is 18.7 Å². The molecule has 0 aromatic heterocycles. The van der Waals surface area contributed by atoms with Crippen LogP contribution in [0.15, 0.2) is 11.3 Å². The number of β-lactam (4-membered cyclic amide) rings is 1. The summed E-state index contributed by atoms with van der Waals surface area (Å²) >= 11 is 1.63. The molecule has 2 aliphatic heterocycles. The first-order chi connectivity index (χ1) is 6.11. The van der Waals surface area contributed by atoms with E-state index < -0.39 is 5.97 Å². The molecule has 0 bridgehead atoms. The molecule has 1 amide bonds. The van der Waals surface area contributed by atoms with Crippen LogP contribution in [0.4, 0.5) is 0 Å². The van der Waals surface area contributed by atoms with Crippen molar-refractivity contribution in [2.24, 2.45) is 0 Å². The highest BCUT2D eigenvalue weighted by Gasteiger charge is 2.44. The Labute approximate surface area is 79.6 Å². The van der Waals surface area contributed by atoms with Crippen molar-refractivity contribution >= 4 is 23.6 Å². The zero-order chi connectivity index (χ0) is 9.59. The van der Waals surface area contributed by atoms with E-state index in [0.717, 1.165) is 11.3 Å². The molecule has 0 aromatic carbocycles. The first kappa shape index (κ1) is 8.62. The van der Waals surface area contributed by atoms with E-state index in [0.29, 0.717) is 6.42 Å². The summed E-state index contributed by atoms with van der Waals surface area (Å²) in [4.78, 5) is 23.4. The lowest BCUT2D eigenvalue weighted by Crippen LogP contribution is -2.53. The van der Waals surface area contributed by atoms with Crippen LogP contribution in [0.2, 0.25) is 0 Å². The summed E-state index contributed by atoms with van der Waals surface area (Å²) in [5, 5.41) is 8.96. The number of carbonyl (C=O) groups excluding carboxylic acids is 1. The average molecular weight is 199 g/mol. The molecule has 1 N–H and O–H groups in total. The Morgan fingerprint density at radius 1 is 1.69 bits per heavy atom. The minimum Gasteiger partial charge on any atom is -0.477 e. The van der Waals surface area contributed by atoms with E-state index in [1.165, 1.54) is 4.90 Å². The molecule has 0 unspecified atom stereocenters. The molecule has 1 fully saturated rings. The Bertz CT molecular complexity index is 323. The molecule has 0 spiro atoms. The lowest BCUT2D eigenvalue weighted by atomic mass is 10.1. The molecule has 0 aliphatic carbocycles. The quantitative estimate of drug-likeness (QED) is 0.630. The number of thioether (sulfide) groups is 1. The van der Waals surface area contributed by atoms with E-state index in [-0.39, 0.29) is 17.0 Å². The van der Waals surface area contributed by atoms with E-state index in [4.69, 9.17) is 5.11 Å². The van der Waals surface area contributed by atoms with Crippen molar-refractivity contribution in [3.8, 4) is 0 Å². The Hall–Kier alpha value is -0.970. The van der Waals surface area contributed by atoms with Gasteiger partial charge in [-0.15, -0.1) is 11.8 Å². The molecule has 70 valence electrons. The van der Waals surface area contributed by atoms with Gasteiger partial charge in [-0.1, -0.05) is 0 Å². The maximum Gasteiger partial charge on any atom is 0.352 e. The van der Waals surface area contributed by atoms with Gasteiger partial charge in [0, 0.05) is 5.75 Å². The highest BCUT2D eigenvalue weighted by Crippen LogP contribution is 2.39. The lowest BCUT2D eigenvalue weighted by Gasteiger charge is -2.43. The van der Waals surface area contributed by atoms with Crippen LogP contribution >= 0.6 is 11.8 Å². The van der Waals surface area contributed by atoms with Crippen LogP contribution in [-0.4, -0.2) is 33.0 Å². The molecule has 0 aromatic rings. The Balaban J connectivity index is 2.37. The maximum atomic E-state index is 11.1. The summed E-state index contributed by atoms with van der Waals surface area (Å²) in [6, 6.07) is 0. The Morgan fingerprint density at radius 3 is 2.85 bits per heavy atom. The smallest absolute Gasteiger partial charge is 0.352 e. The topological polar surface area (TPSA) is 57.6 Å². The van der Waals surface area contributed by atoms with Gasteiger partial charge < -0.3 is 5.11 Å². The van der Waals surface area contributed by atoms with Gasteiger partial charge in [-0.25, -0.2) is 4.79 Å². The van der Waals surface area contributed by atoms with Gasteiger partial charge in [-0.05, 0) is 12.5 Å². The number of carboxylic acid groups (broad SMARTS) is 1. The van der Waals surface area contributed by atoms with Gasteiger partial charge in [-0.2, -0.15) is 0 Å². The summed E-state index contributed by atoms with van der Waals surface area (Å²) in [7, 11) is 0. The summed E-state index contributed by atoms with van der Waals surface area (Å²) in [6.45, 7) is 1.76. The number of hydrogen-bond donors (Lipinski definition) is 1. The van der Waals surface area contributed by atoms with Crippen LogP contribution in [0.3, 0.4) is 0 Å². The van der Waals surface area contributed by atoms with Crippen molar-refractivity contribution < 1.29 is 14.7 Å². The largest absolute Gasteiger partial charge is 0.477 e. The SMILES string of the molecule is CC1=C(C(=O)O)N2C(=O)C[C@@H]2SC1. The molecule has 1 atom stereocenters. The normalized spacial score (nSPS) is 27.0. The van der Waals surface area contributed by atoms with Crippen molar-refractivity contribution in [2.75, 3.05) is 5.75 Å². The minimum absolute atomic E-state index is 0.0716. The third kappa shape index (κ3) is 1.14. The first-order valence-electron chi connectivity index (χ1n) is 3.98. The fourth-order valence-electron chi connectivity index (χ4n) is 1.57. The van der Waals surface area contributed by atoms with Crippen LogP contribution < -0.4 is 0 Å². The van der Waals surface area contributed by atoms with Crippen LogP contribution in [0.1, 0.15) is 13.3 Å². The third-order valence-electron chi connectivity index (χ3n) is 2.25. The Kier molecular flexibility index (Phi) is 1.83. The average Bonchev–Trinajstić information content (AvgIpc) is 2.05. The molecule has 0 radical (unpaired) electrons. The van der Waals surface area contributed by atoms with E-state index in [1.807, 2.05) is 0 Å². The van der Waals surface area contributed by atoms with Crippen molar-refractivity contribution in [3.05, 3.63) is 11.3 Å². The van der Waals surface area contributed by atoms with Gasteiger partial charge in [0.2, 0.25) is 5.91 Å². The molecule has 13 heavy (non-hydrogen) atoms. The van der Waals surface area contributed by atoms with Crippen LogP contribution in [0.25, 0.3) is 0 Å². The maximum absolute atomic E-state index is 11.1. The van der Waals surface area contributed by atoms with Gasteiger partial charge in [0.1, 0.15) is 5.70 Å². The van der Waals surface area contributed by atoms with Crippen LogP contribution in [0, 0.1) is 0 Å². The summed E-state index contributed by atoms with van der Waals surface area (Å²) in [5.41, 5.74) is 0.974. The molecule has 1 saturated heterocycles. The zero-order valence-electron chi connectivity index (χ0n) is 7.11. The molecule has 2 heterocycles. The lowest BCUT2D eigenvalue weighted by molar-refractivity contribution is -0.146. The second-order valence-electron chi connectivity index (χ2n) is 3.17. The first-order valence-corrected chi connectivity index (χ1v) is 5.03. The molecule has 2 aliphatic rings. The monoisotopic (exact) mass is 199 g/mol. The van der Waals surface area contributed by atoms with Gasteiger partial charge in [0.05, 0.1) is 11.8 Å². The highest BCUT2D eigenvalue weighted by molar-refractivity contribution is 8.00. The van der Waals surface area contributed by atoms with Crippen molar-refractivity contribution in [3.63, 3.8) is 0 Å². The number of hydrogen-bond acceptors (Lipinski definition) is 3. The summed E-state index contributed by atoms with van der Waals surface area (Å²) < 4.78 is 0. The van der Waals surface area contributed by atoms with E-state index >= 15 is 0 Å². The summed E-state index contributed by atoms with van der Waals surface area (Å²) in [5.74, 6) is -0.347. The number of nitrogens with zero attached hydrogens (tertiary/aromatic N) is 1. The van der Waals surface area contributed by atoms with E-state index in [1.54, 1.807) is 18.7 Å². The fourth-order valence-corrected chi connectivity index (χ4v) is 2.78. The molecule has 2 rings (SSSR count).